The van der Waals surface area contributed by atoms with Gasteiger partial charge < -0.3 is 9.47 Å². The molecule has 0 bridgehead atoms. The maximum atomic E-state index is 13.8. The zero-order valence-electron chi connectivity index (χ0n) is 15.3. The highest BCUT2D eigenvalue weighted by atomic mass is 79.9. The van der Waals surface area contributed by atoms with E-state index in [1.54, 1.807) is 30.3 Å². The number of carbonyl (C=O) groups is 1. The topological polar surface area (TPSA) is 35.5 Å². The molecule has 0 amide bonds. The molecular weight excluding hydrogens is 487 g/mol. The third-order valence-electron chi connectivity index (χ3n) is 4.49. The molecule has 0 saturated heterocycles. The van der Waals surface area contributed by atoms with Gasteiger partial charge in [0.2, 0.25) is 11.6 Å². The van der Waals surface area contributed by atoms with Gasteiger partial charge in [-0.3, -0.25) is 4.79 Å². The molecule has 1 heterocycles. The molecular formula is C22H10BrF5O3. The van der Waals surface area contributed by atoms with Crippen molar-refractivity contribution in [2.24, 2.45) is 0 Å². The van der Waals surface area contributed by atoms with E-state index < -0.39 is 41.3 Å². The predicted molar refractivity (Wildman–Crippen MR) is 104 cm³/mol. The lowest BCUT2D eigenvalue weighted by atomic mass is 10.1. The Morgan fingerprint density at radius 2 is 1.48 bits per heavy atom. The summed E-state index contributed by atoms with van der Waals surface area (Å²) < 4.78 is 78.9. The minimum absolute atomic E-state index is 0.0142. The Kier molecular flexibility index (Phi) is 5.53. The SMILES string of the molecule is O=C1/C(=C/c2ccc(Br)cc2)Oc2cc(OCc3c(F)c(F)c(F)c(F)c3F)ccc21. The fourth-order valence-corrected chi connectivity index (χ4v) is 3.16. The van der Waals surface area contributed by atoms with Gasteiger partial charge >= 0.3 is 0 Å². The number of ketones is 1. The van der Waals surface area contributed by atoms with Crippen molar-refractivity contribution in [1.82, 2.24) is 0 Å². The second kappa shape index (κ2) is 8.14. The molecule has 3 aromatic carbocycles. The second-order valence-electron chi connectivity index (χ2n) is 6.49. The lowest BCUT2D eigenvalue weighted by molar-refractivity contribution is 0.101. The van der Waals surface area contributed by atoms with E-state index >= 15 is 0 Å². The van der Waals surface area contributed by atoms with E-state index in [1.165, 1.54) is 18.2 Å². The molecule has 9 heteroatoms. The third-order valence-corrected chi connectivity index (χ3v) is 5.02. The Morgan fingerprint density at radius 1 is 0.871 bits per heavy atom. The van der Waals surface area contributed by atoms with Crippen LogP contribution in [-0.2, 0) is 6.61 Å². The van der Waals surface area contributed by atoms with Crippen molar-refractivity contribution in [1.29, 1.82) is 0 Å². The van der Waals surface area contributed by atoms with Crippen molar-refractivity contribution in [3.63, 3.8) is 0 Å². The van der Waals surface area contributed by atoms with Gasteiger partial charge in [-0.15, -0.1) is 0 Å². The van der Waals surface area contributed by atoms with Gasteiger partial charge in [-0.25, -0.2) is 22.0 Å². The van der Waals surface area contributed by atoms with E-state index in [4.69, 9.17) is 9.47 Å². The van der Waals surface area contributed by atoms with Gasteiger partial charge in [0.15, 0.2) is 29.0 Å². The van der Waals surface area contributed by atoms with Crippen LogP contribution >= 0.6 is 15.9 Å². The van der Waals surface area contributed by atoms with Crippen LogP contribution < -0.4 is 9.47 Å². The number of ether oxygens (including phenoxy) is 2. The smallest absolute Gasteiger partial charge is 0.231 e. The van der Waals surface area contributed by atoms with Crippen LogP contribution in [0.15, 0.2) is 52.7 Å². The summed E-state index contributed by atoms with van der Waals surface area (Å²) >= 11 is 3.31. The first kappa shape index (κ1) is 21.0. The predicted octanol–water partition coefficient (Wildman–Crippen LogP) is 6.34. The average Bonchev–Trinajstić information content (AvgIpc) is 3.07. The number of rotatable bonds is 4. The number of hydrogen-bond donors (Lipinski definition) is 0. The molecule has 0 radical (unpaired) electrons. The Hall–Kier alpha value is -3.20. The van der Waals surface area contributed by atoms with Gasteiger partial charge in [0.1, 0.15) is 18.1 Å². The summed E-state index contributed by atoms with van der Waals surface area (Å²) in [7, 11) is 0. The monoisotopic (exact) mass is 496 g/mol. The Morgan fingerprint density at radius 3 is 2.13 bits per heavy atom. The quantitative estimate of drug-likeness (QED) is 0.183. The first-order valence-electron chi connectivity index (χ1n) is 8.73. The Bertz CT molecular complexity index is 1210. The molecule has 0 unspecified atom stereocenters. The molecule has 0 fully saturated rings. The third kappa shape index (κ3) is 3.93. The maximum absolute atomic E-state index is 13.8. The van der Waals surface area contributed by atoms with Gasteiger partial charge in [0.25, 0.3) is 0 Å². The minimum atomic E-state index is -2.24. The highest BCUT2D eigenvalue weighted by molar-refractivity contribution is 9.10. The number of fused-ring (bicyclic) bond motifs is 1. The van der Waals surface area contributed by atoms with E-state index in [-0.39, 0.29) is 28.6 Å². The fourth-order valence-electron chi connectivity index (χ4n) is 2.90. The van der Waals surface area contributed by atoms with Crippen LogP contribution in [0, 0.1) is 29.1 Å². The number of allylic oxidation sites excluding steroid dienone is 1. The lowest BCUT2D eigenvalue weighted by Crippen LogP contribution is -2.09. The van der Waals surface area contributed by atoms with Crippen LogP contribution in [-0.4, -0.2) is 5.78 Å². The molecule has 158 valence electrons. The standard InChI is InChI=1S/C22H10BrF5O3/c23-11-3-1-10(2-4-11)7-16-22(29)13-6-5-12(8-15(13)31-16)30-9-14-17(24)19(26)21(28)20(27)18(14)25/h1-8H,9H2/b16-7-. The summed E-state index contributed by atoms with van der Waals surface area (Å²) in [6.07, 6.45) is 1.55. The van der Waals surface area contributed by atoms with Crippen molar-refractivity contribution < 1.29 is 36.2 Å². The van der Waals surface area contributed by atoms with Crippen LogP contribution in [0.1, 0.15) is 21.5 Å². The summed E-state index contributed by atoms with van der Waals surface area (Å²) in [6.45, 7) is -0.917. The van der Waals surface area contributed by atoms with E-state index in [1.807, 2.05) is 0 Å². The summed E-state index contributed by atoms with van der Waals surface area (Å²) in [6, 6.07) is 11.1. The number of benzene rings is 3. The first-order chi connectivity index (χ1) is 14.8. The van der Waals surface area contributed by atoms with Gasteiger partial charge in [-0.1, -0.05) is 28.1 Å². The molecule has 1 aliphatic heterocycles. The van der Waals surface area contributed by atoms with Crippen molar-refractivity contribution in [2.75, 3.05) is 0 Å². The molecule has 0 atom stereocenters. The normalized spacial score (nSPS) is 14.0. The van der Waals surface area contributed by atoms with Crippen molar-refractivity contribution >= 4 is 27.8 Å². The van der Waals surface area contributed by atoms with Crippen LogP contribution in [0.5, 0.6) is 11.5 Å². The zero-order valence-corrected chi connectivity index (χ0v) is 16.9. The summed E-state index contributed by atoms with van der Waals surface area (Å²) in [5, 5.41) is 0. The molecule has 3 nitrogen and oxygen atoms in total. The van der Waals surface area contributed by atoms with Gasteiger partial charge in [0, 0.05) is 10.5 Å². The van der Waals surface area contributed by atoms with Gasteiger partial charge in [-0.2, -0.15) is 0 Å². The molecule has 0 aromatic heterocycles. The van der Waals surface area contributed by atoms with E-state index in [9.17, 15) is 26.7 Å². The highest BCUT2D eigenvalue weighted by Crippen LogP contribution is 2.35. The van der Waals surface area contributed by atoms with E-state index in [0.717, 1.165) is 10.0 Å². The molecule has 0 aliphatic carbocycles. The molecule has 1 aliphatic rings. The molecule has 0 spiro atoms. The highest BCUT2D eigenvalue weighted by Gasteiger charge is 2.29. The van der Waals surface area contributed by atoms with E-state index in [2.05, 4.69) is 15.9 Å². The summed E-state index contributed by atoms with van der Waals surface area (Å²) in [4.78, 5) is 12.5. The summed E-state index contributed by atoms with van der Waals surface area (Å²) in [5.41, 5.74) is -0.140. The second-order valence-corrected chi connectivity index (χ2v) is 7.40. The van der Waals surface area contributed by atoms with Crippen LogP contribution in [0.25, 0.3) is 6.08 Å². The maximum Gasteiger partial charge on any atom is 0.231 e. The molecule has 0 N–H and O–H groups in total. The number of halogens is 6. The number of carbonyl (C=O) groups excluding carboxylic acids is 1. The largest absolute Gasteiger partial charge is 0.489 e. The van der Waals surface area contributed by atoms with Crippen LogP contribution in [0.3, 0.4) is 0 Å². The minimum Gasteiger partial charge on any atom is -0.489 e. The van der Waals surface area contributed by atoms with Crippen molar-refractivity contribution in [2.45, 2.75) is 6.61 Å². The molecule has 31 heavy (non-hydrogen) atoms. The molecule has 3 aromatic rings. The van der Waals surface area contributed by atoms with Gasteiger partial charge in [0.05, 0.1) is 11.1 Å². The van der Waals surface area contributed by atoms with Crippen LogP contribution in [0.2, 0.25) is 0 Å². The van der Waals surface area contributed by atoms with Gasteiger partial charge in [-0.05, 0) is 35.9 Å². The van der Waals surface area contributed by atoms with Crippen molar-refractivity contribution in [3.05, 3.63) is 98.5 Å². The number of hydrogen-bond acceptors (Lipinski definition) is 3. The van der Waals surface area contributed by atoms with Crippen LogP contribution in [0.4, 0.5) is 22.0 Å². The Balaban J connectivity index is 1.55. The molecule has 0 saturated carbocycles. The van der Waals surface area contributed by atoms with Crippen molar-refractivity contribution in [3.8, 4) is 11.5 Å². The number of Topliss-reactive ketones (excluding diaryl/α,β-unsaturated/α-hetero) is 1. The zero-order chi connectivity index (χ0) is 22.3. The lowest BCUT2D eigenvalue weighted by Gasteiger charge is -2.10. The average molecular weight is 497 g/mol. The summed E-state index contributed by atoms with van der Waals surface area (Å²) in [5.74, 6) is -10.4. The Labute approximate surface area is 180 Å². The fraction of sp³-hybridized carbons (Fsp3) is 0.0455. The van der Waals surface area contributed by atoms with E-state index in [0.29, 0.717) is 0 Å². The first-order valence-corrected chi connectivity index (χ1v) is 9.52. The molecule has 4 rings (SSSR count).